The molecule has 0 bridgehead atoms. The second kappa shape index (κ2) is 9.36. The molecular weight excluding hydrogens is 464 g/mol. The highest BCUT2D eigenvalue weighted by Crippen LogP contribution is 2.30. The Morgan fingerprint density at radius 1 is 1.08 bits per heavy atom. The van der Waals surface area contributed by atoms with Gasteiger partial charge in [-0.25, -0.2) is 4.79 Å². The molecule has 5 heterocycles. The van der Waals surface area contributed by atoms with Crippen molar-refractivity contribution in [2.75, 3.05) is 56.6 Å². The zero-order valence-electron chi connectivity index (χ0n) is 20.9. The maximum absolute atomic E-state index is 13.0. The van der Waals surface area contributed by atoms with E-state index in [9.17, 15) is 14.4 Å². The summed E-state index contributed by atoms with van der Waals surface area (Å²) in [4.78, 5) is 48.8. The van der Waals surface area contributed by atoms with Crippen molar-refractivity contribution >= 4 is 29.4 Å². The molecule has 0 aliphatic carbocycles. The van der Waals surface area contributed by atoms with Crippen molar-refractivity contribution in [2.24, 2.45) is 0 Å². The summed E-state index contributed by atoms with van der Waals surface area (Å²) in [6.07, 6.45) is 3.97. The van der Waals surface area contributed by atoms with Crippen molar-refractivity contribution in [1.29, 1.82) is 0 Å². The van der Waals surface area contributed by atoms with E-state index in [1.54, 1.807) is 6.07 Å². The highest BCUT2D eigenvalue weighted by atomic mass is 16.5. The smallest absolute Gasteiger partial charge is 0.320 e. The Kier molecular flexibility index (Phi) is 6.23. The number of piperazine rings is 1. The van der Waals surface area contributed by atoms with Crippen LogP contribution in [-0.4, -0.2) is 84.5 Å². The van der Waals surface area contributed by atoms with Crippen LogP contribution in [0.4, 0.5) is 16.3 Å². The van der Waals surface area contributed by atoms with Gasteiger partial charge in [0.2, 0.25) is 5.88 Å². The van der Waals surface area contributed by atoms with Gasteiger partial charge >= 0.3 is 6.03 Å². The Labute approximate surface area is 209 Å². The first-order valence-corrected chi connectivity index (χ1v) is 12.3. The lowest BCUT2D eigenvalue weighted by Crippen LogP contribution is -2.52. The van der Waals surface area contributed by atoms with Gasteiger partial charge in [-0.2, -0.15) is 4.98 Å². The third kappa shape index (κ3) is 4.57. The molecule has 0 saturated carbocycles. The number of urea groups is 1. The van der Waals surface area contributed by atoms with Crippen LogP contribution in [-0.2, 0) is 6.42 Å². The zero-order valence-corrected chi connectivity index (χ0v) is 20.9. The van der Waals surface area contributed by atoms with Crippen LogP contribution in [0.3, 0.4) is 0 Å². The van der Waals surface area contributed by atoms with Crippen LogP contribution in [0, 0.1) is 0 Å². The van der Waals surface area contributed by atoms with Crippen LogP contribution < -0.4 is 20.3 Å². The normalized spacial score (nSPS) is 19.1. The van der Waals surface area contributed by atoms with Gasteiger partial charge in [0.15, 0.2) is 0 Å². The van der Waals surface area contributed by atoms with Gasteiger partial charge in [-0.05, 0) is 38.8 Å². The van der Waals surface area contributed by atoms with E-state index in [1.165, 1.54) is 13.4 Å². The van der Waals surface area contributed by atoms with Crippen LogP contribution in [0.2, 0.25) is 0 Å². The molecule has 4 amide bonds. The van der Waals surface area contributed by atoms with Gasteiger partial charge in [0.05, 0.1) is 18.2 Å². The Morgan fingerprint density at radius 3 is 2.47 bits per heavy atom. The molecule has 3 aliphatic heterocycles. The predicted molar refractivity (Wildman–Crippen MR) is 133 cm³/mol. The molecule has 2 aromatic rings. The largest absolute Gasteiger partial charge is 0.479 e. The first-order chi connectivity index (χ1) is 17.3. The Morgan fingerprint density at radius 2 is 1.78 bits per heavy atom. The third-order valence-electron chi connectivity index (χ3n) is 6.93. The molecule has 0 aromatic carbocycles. The SMILES string of the molecule is COc1nc(N2CCN(C(=O)N3CCCC3)CC2)ccc1NC(=O)c1coc2c1C(=O)NC(C)(C)C2. The molecule has 11 nitrogen and oxygen atoms in total. The summed E-state index contributed by atoms with van der Waals surface area (Å²) >= 11 is 0. The predicted octanol–water partition coefficient (Wildman–Crippen LogP) is 2.34. The number of rotatable bonds is 4. The summed E-state index contributed by atoms with van der Waals surface area (Å²) in [6, 6.07) is 3.67. The number of hydrogen-bond donors (Lipinski definition) is 2. The van der Waals surface area contributed by atoms with Crippen molar-refractivity contribution in [3.8, 4) is 5.88 Å². The lowest BCUT2D eigenvalue weighted by atomic mass is 9.91. The van der Waals surface area contributed by atoms with Crippen LogP contribution >= 0.6 is 0 Å². The number of hydrogen-bond acceptors (Lipinski definition) is 7. The summed E-state index contributed by atoms with van der Waals surface area (Å²) in [7, 11) is 1.49. The molecule has 2 fully saturated rings. The van der Waals surface area contributed by atoms with Gasteiger partial charge in [0.25, 0.3) is 11.8 Å². The minimum atomic E-state index is -0.475. The van der Waals surface area contributed by atoms with Crippen molar-refractivity contribution < 1.29 is 23.5 Å². The molecule has 11 heteroatoms. The van der Waals surface area contributed by atoms with E-state index in [1.807, 2.05) is 29.7 Å². The molecule has 2 aromatic heterocycles. The fourth-order valence-electron chi connectivity index (χ4n) is 5.04. The summed E-state index contributed by atoms with van der Waals surface area (Å²) < 4.78 is 11.0. The number of amides is 4. The number of pyridine rings is 1. The molecule has 3 aliphatic rings. The van der Waals surface area contributed by atoms with E-state index < -0.39 is 11.4 Å². The highest BCUT2D eigenvalue weighted by molar-refractivity contribution is 6.13. The third-order valence-corrected chi connectivity index (χ3v) is 6.93. The van der Waals surface area contributed by atoms with E-state index in [0.29, 0.717) is 49.9 Å². The van der Waals surface area contributed by atoms with E-state index in [0.717, 1.165) is 25.9 Å². The minimum Gasteiger partial charge on any atom is -0.479 e. The quantitative estimate of drug-likeness (QED) is 0.667. The fraction of sp³-hybridized carbons (Fsp3) is 0.520. The van der Waals surface area contributed by atoms with Crippen molar-refractivity contribution in [3.63, 3.8) is 0 Å². The topological polar surface area (TPSA) is 120 Å². The number of nitrogens with one attached hydrogen (secondary N) is 2. The van der Waals surface area contributed by atoms with Gasteiger partial charge in [0, 0.05) is 51.2 Å². The number of methoxy groups -OCH3 is 1. The van der Waals surface area contributed by atoms with Crippen molar-refractivity contribution in [3.05, 3.63) is 35.3 Å². The Bertz CT molecular complexity index is 1180. The molecule has 36 heavy (non-hydrogen) atoms. The van der Waals surface area contributed by atoms with Gasteiger partial charge < -0.3 is 34.5 Å². The Hall–Kier alpha value is -3.76. The lowest BCUT2D eigenvalue weighted by Gasteiger charge is -2.37. The molecule has 2 N–H and O–H groups in total. The summed E-state index contributed by atoms with van der Waals surface area (Å²) in [5.74, 6) is 0.663. The van der Waals surface area contributed by atoms with Gasteiger partial charge in [0.1, 0.15) is 23.5 Å². The molecule has 0 spiro atoms. The van der Waals surface area contributed by atoms with E-state index in [2.05, 4.69) is 20.5 Å². The highest BCUT2D eigenvalue weighted by Gasteiger charge is 2.36. The number of carbonyl (C=O) groups is 3. The summed E-state index contributed by atoms with van der Waals surface area (Å²) in [5.41, 5.74) is 0.381. The van der Waals surface area contributed by atoms with Gasteiger partial charge in [-0.15, -0.1) is 0 Å². The van der Waals surface area contributed by atoms with Crippen molar-refractivity contribution in [2.45, 2.75) is 38.6 Å². The average molecular weight is 497 g/mol. The standard InChI is InChI=1S/C25H32N6O5/c1-25(2)14-18-20(22(33)28-25)16(15-36-18)21(32)26-17-6-7-19(27-23(17)35-3)29-10-12-31(13-11-29)24(34)30-8-4-5-9-30/h6-7,15H,4-5,8-14H2,1-3H3,(H,26,32)(H,28,33). The molecule has 5 rings (SSSR count). The maximum Gasteiger partial charge on any atom is 0.320 e. The van der Waals surface area contributed by atoms with E-state index in [4.69, 9.17) is 9.15 Å². The second-order valence-electron chi connectivity index (χ2n) is 10.1. The van der Waals surface area contributed by atoms with Crippen LogP contribution in [0.1, 0.15) is 53.2 Å². The second-order valence-corrected chi connectivity index (χ2v) is 10.1. The number of carbonyl (C=O) groups excluding carboxylic acids is 3. The van der Waals surface area contributed by atoms with E-state index in [-0.39, 0.29) is 28.9 Å². The summed E-state index contributed by atoms with van der Waals surface area (Å²) in [6.45, 7) is 8.07. The molecule has 0 atom stereocenters. The molecule has 2 saturated heterocycles. The first-order valence-electron chi connectivity index (χ1n) is 12.3. The lowest BCUT2D eigenvalue weighted by molar-refractivity contribution is 0.0882. The Balaban J connectivity index is 1.26. The molecule has 192 valence electrons. The number of ether oxygens (including phenoxy) is 1. The molecular formula is C25H32N6O5. The average Bonchev–Trinajstić information content (AvgIpc) is 3.54. The zero-order chi connectivity index (χ0) is 25.4. The van der Waals surface area contributed by atoms with Crippen LogP contribution in [0.25, 0.3) is 0 Å². The minimum absolute atomic E-state index is 0.120. The van der Waals surface area contributed by atoms with Gasteiger partial charge in [-0.1, -0.05) is 0 Å². The fourth-order valence-corrected chi connectivity index (χ4v) is 5.04. The van der Waals surface area contributed by atoms with Crippen LogP contribution in [0.5, 0.6) is 5.88 Å². The monoisotopic (exact) mass is 496 g/mol. The summed E-state index contributed by atoms with van der Waals surface area (Å²) in [5, 5.41) is 5.70. The first kappa shape index (κ1) is 24.0. The van der Waals surface area contributed by atoms with Crippen LogP contribution in [0.15, 0.2) is 22.8 Å². The number of nitrogens with zero attached hydrogens (tertiary/aromatic N) is 4. The number of likely N-dealkylation sites (tertiary alicyclic amines) is 1. The molecule has 0 unspecified atom stereocenters. The maximum atomic E-state index is 13.0. The molecule has 0 radical (unpaired) electrons. The number of anilines is 2. The number of furan rings is 1. The van der Waals surface area contributed by atoms with Gasteiger partial charge in [-0.3, -0.25) is 9.59 Å². The number of aromatic nitrogens is 1. The number of fused-ring (bicyclic) bond motifs is 1. The van der Waals surface area contributed by atoms with E-state index >= 15 is 0 Å². The van der Waals surface area contributed by atoms with Crippen molar-refractivity contribution in [1.82, 2.24) is 20.1 Å².